The van der Waals surface area contributed by atoms with E-state index in [1.807, 2.05) is 0 Å². The molecule has 3 rings (SSSR count). The zero-order valence-electron chi connectivity index (χ0n) is 10.4. The van der Waals surface area contributed by atoms with Crippen molar-refractivity contribution < 1.29 is 24.9 Å². The largest absolute Gasteiger partial charge is 0.508 e. The molecule has 1 aliphatic heterocycles. The lowest BCUT2D eigenvalue weighted by atomic mass is 9.96. The lowest BCUT2D eigenvalue weighted by molar-refractivity contribution is 0.0841. The lowest BCUT2D eigenvalue weighted by Gasteiger charge is -2.26. The predicted molar refractivity (Wildman–Crippen MR) is 70.2 cm³/mol. The van der Waals surface area contributed by atoms with Crippen molar-refractivity contribution in [1.29, 1.82) is 0 Å². The Morgan fingerprint density at radius 2 is 1.70 bits per heavy atom. The minimum Gasteiger partial charge on any atom is -0.508 e. The van der Waals surface area contributed by atoms with Crippen LogP contribution in [-0.4, -0.2) is 21.1 Å². The molecule has 1 atom stereocenters. The lowest BCUT2D eigenvalue weighted by Crippen LogP contribution is -2.20. The van der Waals surface area contributed by atoms with Crippen molar-refractivity contribution in [2.24, 2.45) is 0 Å². The van der Waals surface area contributed by atoms with E-state index in [1.165, 1.54) is 18.2 Å². The van der Waals surface area contributed by atoms with Gasteiger partial charge in [0.2, 0.25) is 0 Å². The number of Topliss-reactive ketones (excluding diaryl/α,β-unsaturated/α-hetero) is 1. The van der Waals surface area contributed by atoms with E-state index in [9.17, 15) is 20.1 Å². The Balaban J connectivity index is 2.00. The molecular formula is C15H12O5. The van der Waals surface area contributed by atoms with Crippen molar-refractivity contribution >= 4 is 5.78 Å². The second-order valence-corrected chi connectivity index (χ2v) is 4.67. The van der Waals surface area contributed by atoms with Crippen LogP contribution in [0.5, 0.6) is 23.0 Å². The van der Waals surface area contributed by atoms with Gasteiger partial charge in [0.05, 0.1) is 12.0 Å². The molecule has 3 N–H and O–H groups in total. The van der Waals surface area contributed by atoms with Crippen molar-refractivity contribution in [3.63, 3.8) is 0 Å². The van der Waals surface area contributed by atoms with Crippen LogP contribution in [0.4, 0.5) is 0 Å². The third-order valence-electron chi connectivity index (χ3n) is 3.25. The summed E-state index contributed by atoms with van der Waals surface area (Å²) in [7, 11) is 0. The number of hydrogen-bond donors (Lipinski definition) is 3. The van der Waals surface area contributed by atoms with E-state index < -0.39 is 6.10 Å². The molecule has 0 aliphatic carbocycles. The maximum Gasteiger partial charge on any atom is 0.172 e. The van der Waals surface area contributed by atoms with Gasteiger partial charge in [-0.05, 0) is 23.8 Å². The summed E-state index contributed by atoms with van der Waals surface area (Å²) in [5.74, 6) is -0.449. The first kappa shape index (κ1) is 12.3. The number of phenolic OH excluding ortho intramolecular Hbond substituents is 3. The Kier molecular flexibility index (Phi) is 2.75. The van der Waals surface area contributed by atoms with Crippen LogP contribution in [0.15, 0.2) is 36.4 Å². The number of ether oxygens (including phenoxy) is 1. The highest BCUT2D eigenvalue weighted by atomic mass is 16.5. The van der Waals surface area contributed by atoms with Crippen LogP contribution < -0.4 is 4.74 Å². The van der Waals surface area contributed by atoms with E-state index in [1.54, 1.807) is 12.1 Å². The second kappa shape index (κ2) is 4.45. The molecule has 0 saturated carbocycles. The Bertz CT molecular complexity index is 675. The van der Waals surface area contributed by atoms with Gasteiger partial charge < -0.3 is 20.1 Å². The van der Waals surface area contributed by atoms with Crippen molar-refractivity contribution in [2.75, 3.05) is 0 Å². The van der Waals surface area contributed by atoms with Crippen LogP contribution in [0, 0.1) is 0 Å². The van der Waals surface area contributed by atoms with Gasteiger partial charge in [-0.15, -0.1) is 0 Å². The number of aromatic hydroxyl groups is 3. The SMILES string of the molecule is O=C1C[C@H](c2ccc(O)cc2)Oc2c(O)cc(O)cc21. The first-order valence-electron chi connectivity index (χ1n) is 6.09. The van der Waals surface area contributed by atoms with E-state index >= 15 is 0 Å². The Hall–Kier alpha value is -2.69. The van der Waals surface area contributed by atoms with Gasteiger partial charge in [0.1, 0.15) is 17.6 Å². The fraction of sp³-hybridized carbons (Fsp3) is 0.133. The maximum atomic E-state index is 12.1. The first-order chi connectivity index (χ1) is 9.54. The molecule has 0 spiro atoms. The highest BCUT2D eigenvalue weighted by Gasteiger charge is 2.30. The van der Waals surface area contributed by atoms with E-state index in [0.29, 0.717) is 0 Å². The van der Waals surface area contributed by atoms with E-state index in [-0.39, 0.29) is 40.8 Å². The van der Waals surface area contributed by atoms with Gasteiger partial charge in [-0.25, -0.2) is 0 Å². The molecule has 2 aromatic rings. The Labute approximate surface area is 114 Å². The Morgan fingerprint density at radius 3 is 2.40 bits per heavy atom. The number of rotatable bonds is 1. The van der Waals surface area contributed by atoms with Gasteiger partial charge in [-0.1, -0.05) is 12.1 Å². The monoisotopic (exact) mass is 272 g/mol. The summed E-state index contributed by atoms with van der Waals surface area (Å²) < 4.78 is 5.65. The molecule has 2 aromatic carbocycles. The molecule has 0 aromatic heterocycles. The smallest absolute Gasteiger partial charge is 0.172 e. The second-order valence-electron chi connectivity index (χ2n) is 4.67. The highest BCUT2D eigenvalue weighted by molar-refractivity contribution is 6.01. The van der Waals surface area contributed by atoms with E-state index in [0.717, 1.165) is 11.6 Å². The average molecular weight is 272 g/mol. The average Bonchev–Trinajstić information content (AvgIpc) is 2.40. The summed E-state index contributed by atoms with van der Waals surface area (Å²) in [5.41, 5.74) is 0.909. The minimum atomic E-state index is -0.522. The van der Waals surface area contributed by atoms with Crippen LogP contribution in [-0.2, 0) is 0 Å². The molecule has 1 aliphatic rings. The number of carbonyl (C=O) groups excluding carboxylic acids is 1. The number of hydrogen-bond acceptors (Lipinski definition) is 5. The quantitative estimate of drug-likeness (QED) is 0.742. The molecule has 5 nitrogen and oxygen atoms in total. The third kappa shape index (κ3) is 2.03. The van der Waals surface area contributed by atoms with Crippen LogP contribution >= 0.6 is 0 Å². The fourth-order valence-corrected chi connectivity index (χ4v) is 2.27. The number of fused-ring (bicyclic) bond motifs is 1. The molecular weight excluding hydrogens is 260 g/mol. The van der Waals surface area contributed by atoms with Gasteiger partial charge in [-0.3, -0.25) is 4.79 Å². The summed E-state index contributed by atoms with van der Waals surface area (Å²) >= 11 is 0. The topological polar surface area (TPSA) is 87.0 Å². The minimum absolute atomic E-state index is 0.0807. The van der Waals surface area contributed by atoms with Crippen molar-refractivity contribution in [3.8, 4) is 23.0 Å². The van der Waals surface area contributed by atoms with Crippen LogP contribution in [0.25, 0.3) is 0 Å². The molecule has 0 fully saturated rings. The first-order valence-corrected chi connectivity index (χ1v) is 6.09. The number of ketones is 1. The van der Waals surface area contributed by atoms with Crippen molar-refractivity contribution in [3.05, 3.63) is 47.5 Å². The number of phenols is 3. The molecule has 0 saturated heterocycles. The third-order valence-corrected chi connectivity index (χ3v) is 3.25. The normalized spacial score (nSPS) is 17.4. The Morgan fingerprint density at radius 1 is 1.00 bits per heavy atom. The van der Waals surface area contributed by atoms with Gasteiger partial charge in [-0.2, -0.15) is 0 Å². The number of benzene rings is 2. The summed E-state index contributed by atoms with van der Waals surface area (Å²) in [6, 6.07) is 8.76. The predicted octanol–water partition coefficient (Wildman–Crippen LogP) is 2.51. The molecule has 0 unspecified atom stereocenters. The number of carbonyl (C=O) groups is 1. The molecule has 0 radical (unpaired) electrons. The fourth-order valence-electron chi connectivity index (χ4n) is 2.27. The van der Waals surface area contributed by atoms with Crippen LogP contribution in [0.3, 0.4) is 0 Å². The summed E-state index contributed by atoms with van der Waals surface area (Å²) in [4.78, 5) is 12.1. The van der Waals surface area contributed by atoms with Crippen molar-refractivity contribution in [1.82, 2.24) is 0 Å². The standard InChI is InChI=1S/C15H12O5/c16-9-3-1-8(2-4-9)14-7-12(18)11-5-10(17)6-13(19)15(11)20-14/h1-6,14,16-17,19H,7H2/t14-/m1/s1. The van der Waals surface area contributed by atoms with Gasteiger partial charge >= 0.3 is 0 Å². The molecule has 0 amide bonds. The molecule has 1 heterocycles. The summed E-state index contributed by atoms with van der Waals surface area (Å²) in [6.45, 7) is 0. The van der Waals surface area contributed by atoms with Gasteiger partial charge in [0, 0.05) is 6.07 Å². The molecule has 102 valence electrons. The van der Waals surface area contributed by atoms with Crippen LogP contribution in [0.1, 0.15) is 28.4 Å². The zero-order valence-corrected chi connectivity index (χ0v) is 10.4. The van der Waals surface area contributed by atoms with E-state index in [4.69, 9.17) is 4.74 Å². The molecule has 20 heavy (non-hydrogen) atoms. The summed E-state index contributed by atoms with van der Waals surface area (Å²) in [5, 5.41) is 28.5. The van der Waals surface area contributed by atoms with Crippen molar-refractivity contribution in [2.45, 2.75) is 12.5 Å². The van der Waals surface area contributed by atoms with E-state index in [2.05, 4.69) is 0 Å². The maximum absolute atomic E-state index is 12.1. The zero-order chi connectivity index (χ0) is 14.3. The molecule has 5 heteroatoms. The van der Waals surface area contributed by atoms with Gasteiger partial charge in [0.15, 0.2) is 17.3 Å². The molecule has 0 bridgehead atoms. The highest BCUT2D eigenvalue weighted by Crippen LogP contribution is 2.42. The summed E-state index contributed by atoms with van der Waals surface area (Å²) in [6.07, 6.45) is -0.410. The van der Waals surface area contributed by atoms with Crippen LogP contribution in [0.2, 0.25) is 0 Å². The van der Waals surface area contributed by atoms with Gasteiger partial charge in [0.25, 0.3) is 0 Å².